The van der Waals surface area contributed by atoms with Gasteiger partial charge in [-0.15, -0.1) is 0 Å². The van der Waals surface area contributed by atoms with Gasteiger partial charge >= 0.3 is 0 Å². The van der Waals surface area contributed by atoms with Crippen LogP contribution in [0.25, 0.3) is 0 Å². The highest BCUT2D eigenvalue weighted by Crippen LogP contribution is 2.20. The third kappa shape index (κ3) is 5.78. The van der Waals surface area contributed by atoms with Crippen LogP contribution in [0.1, 0.15) is 32.3 Å². The quantitative estimate of drug-likeness (QED) is 0.756. The Morgan fingerprint density at radius 3 is 2.43 bits per heavy atom. The first-order valence-corrected chi connectivity index (χ1v) is 8.60. The van der Waals surface area contributed by atoms with Gasteiger partial charge in [-0.2, -0.15) is 0 Å². The molecule has 0 aliphatic rings. The Balaban J connectivity index is 2.83. The van der Waals surface area contributed by atoms with Crippen LogP contribution >= 0.6 is 0 Å². The van der Waals surface area contributed by atoms with E-state index in [-0.39, 0.29) is 10.9 Å². The molecule has 0 aliphatic heterocycles. The van der Waals surface area contributed by atoms with Crippen LogP contribution in [0.2, 0.25) is 0 Å². The van der Waals surface area contributed by atoms with E-state index in [4.69, 9.17) is 4.42 Å². The topological polar surface area (TPSA) is 74.6 Å². The number of aryl methyl sites for hydroxylation is 1. The molecule has 6 nitrogen and oxygen atoms in total. The summed E-state index contributed by atoms with van der Waals surface area (Å²) < 4.78 is 33.0. The van der Waals surface area contributed by atoms with E-state index in [1.165, 1.54) is 0 Å². The number of likely N-dealkylation sites (N-methyl/N-ethyl adjacent to an activating group) is 1. The summed E-state index contributed by atoms with van der Waals surface area (Å²) in [6.07, 6.45) is 0. The Morgan fingerprint density at radius 2 is 1.90 bits per heavy atom. The van der Waals surface area contributed by atoms with Crippen LogP contribution in [0.3, 0.4) is 0 Å². The first-order valence-electron chi connectivity index (χ1n) is 7.11. The van der Waals surface area contributed by atoms with Gasteiger partial charge in [-0.1, -0.05) is 13.8 Å². The van der Waals surface area contributed by atoms with E-state index in [9.17, 15) is 8.42 Å². The fourth-order valence-electron chi connectivity index (χ4n) is 2.10. The largest absolute Gasteiger partial charge is 0.464 e. The van der Waals surface area contributed by atoms with Gasteiger partial charge in [0.2, 0.25) is 10.0 Å². The first kappa shape index (κ1) is 18.2. The standard InChI is InChI=1S/C14H27N3O3S/c1-10(2)15-8-13-7-14(12(4)20-13)21(18,19)16-11(3)9-17(5)6/h7,10-11,15-16H,8-9H2,1-6H3. The van der Waals surface area contributed by atoms with Crippen LogP contribution in [0.5, 0.6) is 0 Å². The highest BCUT2D eigenvalue weighted by molar-refractivity contribution is 7.89. The molecule has 1 aromatic heterocycles. The predicted molar refractivity (Wildman–Crippen MR) is 83.8 cm³/mol. The molecule has 1 rings (SSSR count). The third-order valence-electron chi connectivity index (χ3n) is 2.89. The van der Waals surface area contributed by atoms with Crippen molar-refractivity contribution in [2.24, 2.45) is 0 Å². The predicted octanol–water partition coefficient (Wildman–Crippen LogP) is 1.31. The van der Waals surface area contributed by atoms with Crippen molar-refractivity contribution in [3.05, 3.63) is 17.6 Å². The summed E-state index contributed by atoms with van der Waals surface area (Å²) in [5.74, 6) is 1.04. The van der Waals surface area contributed by atoms with Crippen molar-refractivity contribution in [1.82, 2.24) is 14.9 Å². The van der Waals surface area contributed by atoms with E-state index in [1.54, 1.807) is 13.0 Å². The molecule has 1 heterocycles. The molecule has 21 heavy (non-hydrogen) atoms. The van der Waals surface area contributed by atoms with Gasteiger partial charge in [0.05, 0.1) is 6.54 Å². The molecule has 0 saturated carbocycles. The summed E-state index contributed by atoms with van der Waals surface area (Å²) in [6.45, 7) is 8.72. The van der Waals surface area contributed by atoms with Gasteiger partial charge in [-0.3, -0.25) is 0 Å². The lowest BCUT2D eigenvalue weighted by molar-refractivity contribution is 0.370. The molecule has 7 heteroatoms. The van der Waals surface area contributed by atoms with Crippen molar-refractivity contribution in [2.75, 3.05) is 20.6 Å². The molecule has 0 bridgehead atoms. The van der Waals surface area contributed by atoms with E-state index in [1.807, 2.05) is 39.8 Å². The summed E-state index contributed by atoms with van der Waals surface area (Å²) in [7, 11) is 0.261. The highest BCUT2D eigenvalue weighted by Gasteiger charge is 2.23. The maximum atomic E-state index is 12.4. The van der Waals surface area contributed by atoms with Crippen molar-refractivity contribution >= 4 is 10.0 Å². The monoisotopic (exact) mass is 317 g/mol. The van der Waals surface area contributed by atoms with Gasteiger partial charge in [-0.25, -0.2) is 13.1 Å². The molecule has 2 N–H and O–H groups in total. The second-order valence-electron chi connectivity index (χ2n) is 5.95. The van der Waals surface area contributed by atoms with Gasteiger partial charge in [0.25, 0.3) is 0 Å². The van der Waals surface area contributed by atoms with Crippen LogP contribution in [-0.2, 0) is 16.6 Å². The minimum atomic E-state index is -3.55. The minimum Gasteiger partial charge on any atom is -0.464 e. The number of sulfonamides is 1. The van der Waals surface area contributed by atoms with E-state index in [0.29, 0.717) is 30.7 Å². The van der Waals surface area contributed by atoms with Gasteiger partial charge < -0.3 is 14.6 Å². The van der Waals surface area contributed by atoms with Crippen LogP contribution in [-0.4, -0.2) is 46.0 Å². The second kappa shape index (κ2) is 7.40. The van der Waals surface area contributed by atoms with E-state index in [0.717, 1.165) is 0 Å². The van der Waals surface area contributed by atoms with Crippen molar-refractivity contribution in [2.45, 2.75) is 51.2 Å². The van der Waals surface area contributed by atoms with E-state index >= 15 is 0 Å². The van der Waals surface area contributed by atoms with E-state index < -0.39 is 10.0 Å². The molecular formula is C14H27N3O3S. The molecule has 0 saturated heterocycles. The molecule has 1 unspecified atom stereocenters. The second-order valence-corrected chi connectivity index (χ2v) is 7.64. The number of hydrogen-bond acceptors (Lipinski definition) is 5. The van der Waals surface area contributed by atoms with Crippen molar-refractivity contribution in [3.8, 4) is 0 Å². The van der Waals surface area contributed by atoms with Gasteiger partial charge in [0.15, 0.2) is 0 Å². The van der Waals surface area contributed by atoms with Crippen molar-refractivity contribution in [1.29, 1.82) is 0 Å². The third-order valence-corrected chi connectivity index (χ3v) is 4.59. The summed E-state index contributed by atoms with van der Waals surface area (Å²) in [5.41, 5.74) is 0. The summed E-state index contributed by atoms with van der Waals surface area (Å²) in [4.78, 5) is 2.15. The summed E-state index contributed by atoms with van der Waals surface area (Å²) >= 11 is 0. The number of nitrogens with zero attached hydrogens (tertiary/aromatic N) is 1. The van der Waals surface area contributed by atoms with Crippen molar-refractivity contribution < 1.29 is 12.8 Å². The number of furan rings is 1. The lowest BCUT2D eigenvalue weighted by Gasteiger charge is -2.17. The number of nitrogens with one attached hydrogen (secondary N) is 2. The van der Waals surface area contributed by atoms with Gasteiger partial charge in [0, 0.05) is 24.7 Å². The Morgan fingerprint density at radius 1 is 1.29 bits per heavy atom. The number of hydrogen-bond donors (Lipinski definition) is 2. The lowest BCUT2D eigenvalue weighted by Crippen LogP contribution is -2.39. The Bertz CT molecular complexity index is 550. The first-order chi connectivity index (χ1) is 9.61. The molecule has 1 aromatic rings. The van der Waals surface area contributed by atoms with Gasteiger partial charge in [0.1, 0.15) is 16.4 Å². The number of rotatable bonds is 8. The summed E-state index contributed by atoms with van der Waals surface area (Å²) in [5, 5.41) is 3.20. The SMILES string of the molecule is Cc1oc(CNC(C)C)cc1S(=O)(=O)NC(C)CN(C)C. The molecule has 0 amide bonds. The zero-order chi connectivity index (χ0) is 16.2. The molecular weight excluding hydrogens is 290 g/mol. The fraction of sp³-hybridized carbons (Fsp3) is 0.714. The summed E-state index contributed by atoms with van der Waals surface area (Å²) in [6, 6.07) is 1.74. The van der Waals surface area contributed by atoms with Crippen molar-refractivity contribution in [3.63, 3.8) is 0 Å². The maximum absolute atomic E-state index is 12.4. The average molecular weight is 317 g/mol. The van der Waals surface area contributed by atoms with Crippen LogP contribution in [0.15, 0.2) is 15.4 Å². The zero-order valence-electron chi connectivity index (χ0n) is 13.7. The minimum absolute atomic E-state index is 0.170. The molecule has 0 aromatic carbocycles. The zero-order valence-corrected chi connectivity index (χ0v) is 14.5. The lowest BCUT2D eigenvalue weighted by atomic mass is 10.3. The molecule has 122 valence electrons. The Labute approximate surface area is 127 Å². The Kier molecular flexibility index (Phi) is 6.40. The fourth-order valence-corrected chi connectivity index (χ4v) is 3.53. The van der Waals surface area contributed by atoms with E-state index in [2.05, 4.69) is 10.0 Å². The van der Waals surface area contributed by atoms with Crippen LogP contribution in [0, 0.1) is 6.92 Å². The van der Waals surface area contributed by atoms with Crippen LogP contribution < -0.4 is 10.0 Å². The maximum Gasteiger partial charge on any atom is 0.244 e. The molecule has 0 aliphatic carbocycles. The van der Waals surface area contributed by atoms with Gasteiger partial charge in [-0.05, 0) is 27.9 Å². The molecule has 0 fully saturated rings. The molecule has 0 spiro atoms. The van der Waals surface area contributed by atoms with Crippen LogP contribution in [0.4, 0.5) is 0 Å². The Hall–Kier alpha value is -0.890. The normalized spacial score (nSPS) is 14.1. The highest BCUT2D eigenvalue weighted by atomic mass is 32.2. The molecule has 0 radical (unpaired) electrons. The average Bonchev–Trinajstić information content (AvgIpc) is 2.66. The molecule has 1 atom stereocenters. The smallest absolute Gasteiger partial charge is 0.244 e.